The number of carbonyl (C=O) groups is 1. The average molecular weight is 375 g/mol. The second kappa shape index (κ2) is 9.50. The Hall–Kier alpha value is -2.18. The number of nitrogens with one attached hydrogen (secondary N) is 2. The van der Waals surface area contributed by atoms with Gasteiger partial charge in [-0.1, -0.05) is 61.4 Å². The third kappa shape index (κ3) is 5.97. The summed E-state index contributed by atoms with van der Waals surface area (Å²) in [6, 6.07) is 15.2. The molecule has 6 heteroatoms. The predicted octanol–water partition coefficient (Wildman–Crippen LogP) is 3.32. The number of hydrogen-bond acceptors (Lipinski definition) is 3. The fourth-order valence-corrected chi connectivity index (χ4v) is 3.77. The zero-order valence-electron chi connectivity index (χ0n) is 15.2. The van der Waals surface area contributed by atoms with Crippen molar-refractivity contribution in [1.29, 1.82) is 0 Å². The van der Waals surface area contributed by atoms with Gasteiger partial charge in [0.05, 0.1) is 10.9 Å². The van der Waals surface area contributed by atoms with E-state index in [0.717, 1.165) is 24.0 Å². The van der Waals surface area contributed by atoms with Gasteiger partial charge >= 0.3 is 0 Å². The van der Waals surface area contributed by atoms with Crippen LogP contribution in [0.4, 0.5) is 0 Å². The minimum Gasteiger partial charge on any atom is -0.356 e. The van der Waals surface area contributed by atoms with E-state index >= 15 is 0 Å². The van der Waals surface area contributed by atoms with Crippen LogP contribution in [0, 0.1) is 6.92 Å². The molecule has 26 heavy (non-hydrogen) atoms. The largest absolute Gasteiger partial charge is 0.356 e. The van der Waals surface area contributed by atoms with E-state index in [2.05, 4.69) is 17.0 Å². The Morgan fingerprint density at radius 3 is 2.31 bits per heavy atom. The van der Waals surface area contributed by atoms with Gasteiger partial charge in [-0.05, 0) is 31.0 Å². The van der Waals surface area contributed by atoms with Crippen LogP contribution in [-0.4, -0.2) is 20.9 Å². The van der Waals surface area contributed by atoms with E-state index in [1.807, 2.05) is 37.3 Å². The second-order valence-corrected chi connectivity index (χ2v) is 8.02. The minimum atomic E-state index is -3.73. The van der Waals surface area contributed by atoms with Crippen LogP contribution in [0.2, 0.25) is 0 Å². The highest BCUT2D eigenvalue weighted by Gasteiger charge is 2.23. The van der Waals surface area contributed by atoms with Gasteiger partial charge in [-0.25, -0.2) is 13.1 Å². The van der Waals surface area contributed by atoms with Gasteiger partial charge in [0.15, 0.2) is 0 Å². The van der Waals surface area contributed by atoms with Gasteiger partial charge in [-0.3, -0.25) is 4.79 Å². The van der Waals surface area contributed by atoms with Crippen molar-refractivity contribution in [3.63, 3.8) is 0 Å². The Balaban J connectivity index is 2.18. The van der Waals surface area contributed by atoms with Crippen molar-refractivity contribution in [1.82, 2.24) is 10.0 Å². The molecule has 0 bridgehead atoms. The lowest BCUT2D eigenvalue weighted by Crippen LogP contribution is -2.34. The van der Waals surface area contributed by atoms with Crippen LogP contribution in [0.1, 0.15) is 43.4 Å². The van der Waals surface area contributed by atoms with E-state index in [-0.39, 0.29) is 17.2 Å². The number of sulfonamides is 1. The van der Waals surface area contributed by atoms with Crippen LogP contribution < -0.4 is 10.0 Å². The maximum absolute atomic E-state index is 12.7. The normalized spacial score (nSPS) is 12.5. The van der Waals surface area contributed by atoms with Crippen molar-refractivity contribution in [2.75, 3.05) is 6.54 Å². The Labute approximate surface area is 155 Å². The van der Waals surface area contributed by atoms with Crippen LogP contribution in [0.5, 0.6) is 0 Å². The summed E-state index contributed by atoms with van der Waals surface area (Å²) in [6.45, 7) is 4.55. The van der Waals surface area contributed by atoms with Gasteiger partial charge in [0.1, 0.15) is 0 Å². The molecule has 0 radical (unpaired) electrons. The van der Waals surface area contributed by atoms with Crippen molar-refractivity contribution in [2.24, 2.45) is 0 Å². The van der Waals surface area contributed by atoms with Crippen molar-refractivity contribution in [3.8, 4) is 0 Å². The second-order valence-electron chi connectivity index (χ2n) is 6.31. The van der Waals surface area contributed by atoms with E-state index in [1.54, 1.807) is 24.3 Å². The van der Waals surface area contributed by atoms with Gasteiger partial charge in [-0.15, -0.1) is 0 Å². The van der Waals surface area contributed by atoms with Crippen molar-refractivity contribution in [2.45, 2.75) is 44.0 Å². The number of amides is 1. The topological polar surface area (TPSA) is 75.3 Å². The quantitative estimate of drug-likeness (QED) is 0.661. The fourth-order valence-electron chi connectivity index (χ4n) is 2.55. The molecular formula is C20H26N2O3S. The third-order valence-electron chi connectivity index (χ3n) is 4.07. The molecule has 0 aliphatic carbocycles. The van der Waals surface area contributed by atoms with E-state index in [0.29, 0.717) is 6.54 Å². The van der Waals surface area contributed by atoms with Crippen LogP contribution in [-0.2, 0) is 14.8 Å². The van der Waals surface area contributed by atoms with Gasteiger partial charge in [0.25, 0.3) is 0 Å². The molecule has 0 aliphatic rings. The van der Waals surface area contributed by atoms with Crippen molar-refractivity contribution in [3.05, 3.63) is 65.7 Å². The number of hydrogen-bond donors (Lipinski definition) is 2. The molecule has 5 nitrogen and oxygen atoms in total. The molecule has 2 aromatic rings. The summed E-state index contributed by atoms with van der Waals surface area (Å²) in [5.41, 5.74) is 1.74. The van der Waals surface area contributed by atoms with E-state index < -0.39 is 16.1 Å². The molecule has 0 saturated carbocycles. The highest BCUT2D eigenvalue weighted by molar-refractivity contribution is 7.89. The Morgan fingerprint density at radius 2 is 1.69 bits per heavy atom. The SMILES string of the molecule is CCCCNC(=O)C[C@H](NS(=O)(=O)c1ccc(C)cc1)c1ccccc1. The highest BCUT2D eigenvalue weighted by atomic mass is 32.2. The Bertz CT molecular complexity index is 803. The summed E-state index contributed by atoms with van der Waals surface area (Å²) in [7, 11) is -3.73. The summed E-state index contributed by atoms with van der Waals surface area (Å²) in [6.07, 6.45) is 1.94. The first-order valence-corrected chi connectivity index (χ1v) is 10.3. The van der Waals surface area contributed by atoms with E-state index in [1.165, 1.54) is 0 Å². The monoisotopic (exact) mass is 374 g/mol. The summed E-state index contributed by atoms with van der Waals surface area (Å²) in [5.74, 6) is -0.168. The molecule has 1 atom stereocenters. The molecular weight excluding hydrogens is 348 g/mol. The van der Waals surface area contributed by atoms with E-state index in [4.69, 9.17) is 0 Å². The molecule has 2 aromatic carbocycles. The molecule has 2 rings (SSSR count). The lowest BCUT2D eigenvalue weighted by molar-refractivity contribution is -0.121. The van der Waals surface area contributed by atoms with Crippen LogP contribution in [0.3, 0.4) is 0 Å². The zero-order chi connectivity index (χ0) is 19.0. The third-order valence-corrected chi connectivity index (χ3v) is 5.56. The van der Waals surface area contributed by atoms with Crippen LogP contribution >= 0.6 is 0 Å². The predicted molar refractivity (Wildman–Crippen MR) is 103 cm³/mol. The molecule has 2 N–H and O–H groups in total. The lowest BCUT2D eigenvalue weighted by Gasteiger charge is -2.19. The Morgan fingerprint density at radius 1 is 1.04 bits per heavy atom. The maximum Gasteiger partial charge on any atom is 0.241 e. The van der Waals surface area contributed by atoms with Gasteiger partial charge in [0, 0.05) is 13.0 Å². The Kier molecular flexibility index (Phi) is 7.36. The summed E-state index contributed by atoms with van der Waals surface area (Å²) in [4.78, 5) is 12.4. The molecule has 0 saturated heterocycles. The summed E-state index contributed by atoms with van der Waals surface area (Å²) in [5, 5.41) is 2.84. The van der Waals surface area contributed by atoms with E-state index in [9.17, 15) is 13.2 Å². The fraction of sp³-hybridized carbons (Fsp3) is 0.350. The summed E-state index contributed by atoms with van der Waals surface area (Å²) < 4.78 is 28.1. The molecule has 0 spiro atoms. The molecule has 140 valence electrons. The van der Waals surface area contributed by atoms with Crippen molar-refractivity contribution < 1.29 is 13.2 Å². The molecule has 0 aliphatic heterocycles. The molecule has 0 unspecified atom stereocenters. The minimum absolute atomic E-state index is 0.0544. The van der Waals surface area contributed by atoms with Gasteiger partial charge in [-0.2, -0.15) is 0 Å². The highest BCUT2D eigenvalue weighted by Crippen LogP contribution is 2.20. The first-order valence-electron chi connectivity index (χ1n) is 8.83. The van der Waals surface area contributed by atoms with Gasteiger partial charge < -0.3 is 5.32 Å². The molecule has 0 aromatic heterocycles. The average Bonchev–Trinajstić information content (AvgIpc) is 2.62. The van der Waals surface area contributed by atoms with Gasteiger partial charge in [0.2, 0.25) is 15.9 Å². The van der Waals surface area contributed by atoms with Crippen LogP contribution in [0.25, 0.3) is 0 Å². The number of aryl methyl sites for hydroxylation is 1. The number of benzene rings is 2. The first kappa shape index (κ1) is 20.1. The summed E-state index contributed by atoms with van der Waals surface area (Å²) >= 11 is 0. The molecule has 1 amide bonds. The lowest BCUT2D eigenvalue weighted by atomic mass is 10.0. The smallest absolute Gasteiger partial charge is 0.241 e. The molecule has 0 heterocycles. The zero-order valence-corrected chi connectivity index (χ0v) is 16.1. The first-order chi connectivity index (χ1) is 12.4. The number of unbranched alkanes of at least 4 members (excludes halogenated alkanes) is 1. The standard InChI is InChI=1S/C20H26N2O3S/c1-3-4-14-21-20(23)15-19(17-8-6-5-7-9-17)22-26(24,25)18-12-10-16(2)11-13-18/h5-13,19,22H,3-4,14-15H2,1-2H3,(H,21,23)/t19-/m0/s1. The van der Waals surface area contributed by atoms with Crippen molar-refractivity contribution >= 4 is 15.9 Å². The molecule has 0 fully saturated rings. The number of rotatable bonds is 9. The number of carbonyl (C=O) groups excluding carboxylic acids is 1. The maximum atomic E-state index is 12.7. The van der Waals surface area contributed by atoms with Crippen LogP contribution in [0.15, 0.2) is 59.5 Å².